The van der Waals surface area contributed by atoms with Crippen LogP contribution < -0.4 is 9.47 Å². The molecular weight excluding hydrogens is 452 g/mol. The lowest BCUT2D eigenvalue weighted by atomic mass is 9.92. The van der Waals surface area contributed by atoms with E-state index >= 15 is 0 Å². The van der Waals surface area contributed by atoms with Crippen molar-refractivity contribution in [1.82, 2.24) is 0 Å². The first-order valence-corrected chi connectivity index (χ1v) is 12.5. The maximum Gasteiger partial charge on any atom is 0.335 e. The summed E-state index contributed by atoms with van der Waals surface area (Å²) in [4.78, 5) is 23.7. The van der Waals surface area contributed by atoms with Gasteiger partial charge in [0, 0.05) is 12.0 Å². The van der Waals surface area contributed by atoms with Gasteiger partial charge in [0.2, 0.25) is 0 Å². The summed E-state index contributed by atoms with van der Waals surface area (Å²) in [5.41, 5.74) is 4.89. The van der Waals surface area contributed by atoms with Crippen LogP contribution in [-0.2, 0) is 0 Å². The second kappa shape index (κ2) is 12.9. The highest BCUT2D eigenvalue weighted by molar-refractivity contribution is 5.98. The number of ketones is 1. The predicted molar refractivity (Wildman–Crippen MR) is 143 cm³/mol. The maximum atomic E-state index is 12.8. The third-order valence-corrected chi connectivity index (χ3v) is 6.68. The smallest absolute Gasteiger partial charge is 0.335 e. The molecule has 2 aromatic rings. The number of carboxylic acids is 1. The second-order valence-electron chi connectivity index (χ2n) is 9.58. The van der Waals surface area contributed by atoms with E-state index in [-0.39, 0.29) is 11.3 Å². The Bertz CT molecular complexity index is 1150. The summed E-state index contributed by atoms with van der Waals surface area (Å²) in [6.07, 6.45) is 11.2. The minimum atomic E-state index is -0.966. The molecule has 1 fully saturated rings. The lowest BCUT2D eigenvalue weighted by molar-refractivity contribution is 0.0696. The van der Waals surface area contributed by atoms with Crippen LogP contribution in [0.4, 0.5) is 0 Å². The molecule has 0 aliphatic heterocycles. The monoisotopic (exact) mass is 488 g/mol. The molecular formula is C31H36O5. The van der Waals surface area contributed by atoms with E-state index in [9.17, 15) is 9.59 Å². The average Bonchev–Trinajstić information content (AvgIpc) is 3.37. The van der Waals surface area contributed by atoms with Gasteiger partial charge in [-0.25, -0.2) is 4.79 Å². The largest absolute Gasteiger partial charge is 0.489 e. The Morgan fingerprint density at radius 3 is 2.36 bits per heavy atom. The first-order valence-electron chi connectivity index (χ1n) is 12.5. The third kappa shape index (κ3) is 7.70. The number of benzene rings is 2. The van der Waals surface area contributed by atoms with Gasteiger partial charge in [-0.15, -0.1) is 0 Å². The molecule has 0 amide bonds. The van der Waals surface area contributed by atoms with Crippen molar-refractivity contribution in [2.75, 3.05) is 13.2 Å². The Balaban J connectivity index is 1.47. The lowest BCUT2D eigenvalue weighted by Gasteiger charge is -2.15. The molecule has 0 radical (unpaired) electrons. The van der Waals surface area contributed by atoms with Gasteiger partial charge in [0.1, 0.15) is 24.7 Å². The quantitative estimate of drug-likeness (QED) is 0.251. The Morgan fingerprint density at radius 2 is 1.69 bits per heavy atom. The predicted octanol–water partition coefficient (Wildman–Crippen LogP) is 7.28. The number of ether oxygens (including phenoxy) is 2. The zero-order valence-electron chi connectivity index (χ0n) is 21.5. The molecule has 0 saturated heterocycles. The summed E-state index contributed by atoms with van der Waals surface area (Å²) >= 11 is 0. The van der Waals surface area contributed by atoms with Crippen LogP contribution in [0.25, 0.3) is 0 Å². The average molecular weight is 489 g/mol. The van der Waals surface area contributed by atoms with E-state index < -0.39 is 5.97 Å². The zero-order valence-corrected chi connectivity index (χ0v) is 21.5. The molecule has 0 heterocycles. The molecule has 0 unspecified atom stereocenters. The minimum Gasteiger partial charge on any atom is -0.489 e. The number of allylic oxidation sites excluding steroid dienone is 2. The van der Waals surface area contributed by atoms with Gasteiger partial charge in [-0.05, 0) is 85.4 Å². The summed E-state index contributed by atoms with van der Waals surface area (Å²) in [6, 6.07) is 10.1. The fraction of sp³-hybridized carbons (Fsp3) is 0.355. The van der Waals surface area contributed by atoms with Gasteiger partial charge in [0.25, 0.3) is 0 Å². The van der Waals surface area contributed by atoms with E-state index in [4.69, 9.17) is 14.6 Å². The molecule has 0 aromatic heterocycles. The third-order valence-electron chi connectivity index (χ3n) is 6.68. The number of carbonyl (C=O) groups is 2. The number of aromatic carboxylic acids is 1. The van der Waals surface area contributed by atoms with Crippen molar-refractivity contribution in [3.05, 3.63) is 94.6 Å². The van der Waals surface area contributed by atoms with E-state index in [1.807, 2.05) is 51.1 Å². The first-order chi connectivity index (χ1) is 17.2. The lowest BCUT2D eigenvalue weighted by Crippen LogP contribution is -2.09. The number of carbonyl (C=O) groups excluding carboxylic acids is 1. The Kier molecular flexibility index (Phi) is 9.69. The summed E-state index contributed by atoms with van der Waals surface area (Å²) < 4.78 is 11.7. The molecule has 36 heavy (non-hydrogen) atoms. The van der Waals surface area contributed by atoms with Gasteiger partial charge in [-0.3, -0.25) is 4.79 Å². The van der Waals surface area contributed by atoms with Crippen molar-refractivity contribution in [2.24, 2.45) is 5.92 Å². The highest BCUT2D eigenvalue weighted by Gasteiger charge is 2.21. The van der Waals surface area contributed by atoms with Crippen molar-refractivity contribution >= 4 is 11.8 Å². The van der Waals surface area contributed by atoms with Crippen LogP contribution in [0.5, 0.6) is 11.5 Å². The normalized spacial score (nSPS) is 14.2. The van der Waals surface area contributed by atoms with Gasteiger partial charge >= 0.3 is 5.97 Å². The molecule has 1 aliphatic carbocycles. The highest BCUT2D eigenvalue weighted by atomic mass is 16.5. The molecule has 1 aliphatic rings. The molecule has 5 nitrogen and oxygen atoms in total. The number of hydrogen-bond acceptors (Lipinski definition) is 4. The SMILES string of the molecule is C=C(/C=C\C=C(/C)COc1ccc(C(=O)CC2CCCC2)c(C)c1C)COc1ccc(C(=O)O)cc1. The topological polar surface area (TPSA) is 72.8 Å². The van der Waals surface area contributed by atoms with E-state index in [1.165, 1.54) is 37.8 Å². The number of rotatable bonds is 12. The number of Topliss-reactive ketones (excluding diaryl/α,β-unsaturated/α-hetero) is 1. The molecule has 2 aromatic carbocycles. The number of hydrogen-bond donors (Lipinski definition) is 1. The second-order valence-corrected chi connectivity index (χ2v) is 9.58. The van der Waals surface area contributed by atoms with E-state index in [0.29, 0.717) is 31.3 Å². The van der Waals surface area contributed by atoms with Crippen LogP contribution in [0.1, 0.15) is 70.9 Å². The maximum absolute atomic E-state index is 12.8. The van der Waals surface area contributed by atoms with Crippen molar-refractivity contribution in [2.45, 2.75) is 52.9 Å². The van der Waals surface area contributed by atoms with Crippen molar-refractivity contribution in [3.8, 4) is 11.5 Å². The Labute approximate surface area is 214 Å². The van der Waals surface area contributed by atoms with E-state index in [1.54, 1.807) is 12.1 Å². The van der Waals surface area contributed by atoms with Gasteiger partial charge in [0.15, 0.2) is 5.78 Å². The first kappa shape index (κ1) is 27.0. The summed E-state index contributed by atoms with van der Waals surface area (Å²) in [7, 11) is 0. The van der Waals surface area contributed by atoms with Crippen LogP contribution in [0, 0.1) is 19.8 Å². The Morgan fingerprint density at radius 1 is 1.00 bits per heavy atom. The van der Waals surface area contributed by atoms with E-state index in [0.717, 1.165) is 33.6 Å². The zero-order chi connectivity index (χ0) is 26.1. The molecule has 0 spiro atoms. The molecule has 0 bridgehead atoms. The van der Waals surface area contributed by atoms with Gasteiger partial charge < -0.3 is 14.6 Å². The van der Waals surface area contributed by atoms with Crippen molar-refractivity contribution in [3.63, 3.8) is 0 Å². The fourth-order valence-corrected chi connectivity index (χ4v) is 4.35. The summed E-state index contributed by atoms with van der Waals surface area (Å²) in [6.45, 7) is 10.7. The molecule has 190 valence electrons. The van der Waals surface area contributed by atoms with Crippen molar-refractivity contribution < 1.29 is 24.2 Å². The van der Waals surface area contributed by atoms with Gasteiger partial charge in [-0.1, -0.05) is 50.5 Å². The van der Waals surface area contributed by atoms with Crippen LogP contribution in [-0.4, -0.2) is 30.1 Å². The standard InChI is InChI=1S/C31H36O5/c1-21(19-35-27-14-12-26(13-15-27)31(33)34)8-7-9-22(2)20-36-30-17-16-28(23(3)24(30)4)29(32)18-25-10-5-6-11-25/h7-9,12-17,25H,1,5-6,10-11,18-20H2,2-4H3,(H,33,34)/b8-7-,22-9+. The van der Waals surface area contributed by atoms with Gasteiger partial charge in [0.05, 0.1) is 5.56 Å². The van der Waals surface area contributed by atoms with Crippen molar-refractivity contribution in [1.29, 1.82) is 0 Å². The van der Waals surface area contributed by atoms with Crippen LogP contribution in [0.15, 0.2) is 72.4 Å². The van der Waals surface area contributed by atoms with Crippen LogP contribution >= 0.6 is 0 Å². The minimum absolute atomic E-state index is 0.220. The highest BCUT2D eigenvalue weighted by Crippen LogP contribution is 2.31. The fourth-order valence-electron chi connectivity index (χ4n) is 4.35. The number of carboxylic acid groups (broad SMARTS) is 1. The summed E-state index contributed by atoms with van der Waals surface area (Å²) in [5, 5.41) is 8.95. The van der Waals surface area contributed by atoms with Crippen LogP contribution in [0.3, 0.4) is 0 Å². The van der Waals surface area contributed by atoms with Crippen LogP contribution in [0.2, 0.25) is 0 Å². The molecule has 1 N–H and O–H groups in total. The molecule has 1 saturated carbocycles. The summed E-state index contributed by atoms with van der Waals surface area (Å²) in [5.74, 6) is 1.21. The van der Waals surface area contributed by atoms with Gasteiger partial charge in [-0.2, -0.15) is 0 Å². The Hall–Kier alpha value is -3.60. The van der Waals surface area contributed by atoms with E-state index in [2.05, 4.69) is 6.58 Å². The molecule has 3 rings (SSSR count). The molecule has 0 atom stereocenters. The molecule has 5 heteroatoms.